The van der Waals surface area contributed by atoms with E-state index in [-0.39, 0.29) is 18.9 Å². The third-order valence-electron chi connectivity index (χ3n) is 6.58. The first-order valence-corrected chi connectivity index (χ1v) is 11.7. The van der Waals surface area contributed by atoms with Crippen LogP contribution in [-0.4, -0.2) is 24.0 Å². The Morgan fingerprint density at radius 2 is 1.34 bits per heavy atom. The van der Waals surface area contributed by atoms with Gasteiger partial charge in [-0.1, -0.05) is 50.2 Å². The number of halogens is 6. The van der Waals surface area contributed by atoms with Crippen LogP contribution in [0.5, 0.6) is 0 Å². The van der Waals surface area contributed by atoms with E-state index in [1.165, 1.54) is 13.8 Å². The summed E-state index contributed by atoms with van der Waals surface area (Å²) in [6.45, 7) is 8.14. The van der Waals surface area contributed by atoms with Crippen molar-refractivity contribution in [3.8, 4) is 6.07 Å². The van der Waals surface area contributed by atoms with E-state index < -0.39 is 40.4 Å². The van der Waals surface area contributed by atoms with Gasteiger partial charge in [-0.15, -0.1) is 0 Å². The molecule has 0 amide bonds. The molecule has 0 aliphatic carbocycles. The van der Waals surface area contributed by atoms with Crippen molar-refractivity contribution in [2.24, 2.45) is 5.92 Å². The highest BCUT2D eigenvalue weighted by Crippen LogP contribution is 2.48. The van der Waals surface area contributed by atoms with Gasteiger partial charge < -0.3 is 4.90 Å². The lowest BCUT2D eigenvalue weighted by atomic mass is 9.66. The predicted octanol–water partition coefficient (Wildman–Crippen LogP) is 7.87. The molecule has 0 N–H and O–H groups in total. The van der Waals surface area contributed by atoms with Gasteiger partial charge in [0.05, 0.1) is 22.6 Å². The zero-order valence-electron chi connectivity index (χ0n) is 20.5. The van der Waals surface area contributed by atoms with Crippen LogP contribution < -0.4 is 0 Å². The number of nitriles is 1. The first-order chi connectivity index (χ1) is 16.2. The van der Waals surface area contributed by atoms with Crippen LogP contribution in [-0.2, 0) is 24.2 Å². The van der Waals surface area contributed by atoms with Crippen LogP contribution in [0.25, 0.3) is 0 Å². The van der Waals surface area contributed by atoms with E-state index in [0.717, 1.165) is 18.1 Å². The molecule has 2 nitrogen and oxygen atoms in total. The van der Waals surface area contributed by atoms with Gasteiger partial charge in [0.2, 0.25) is 0 Å². The number of rotatable bonds is 10. The molecule has 2 aromatic rings. The van der Waals surface area contributed by atoms with Crippen molar-refractivity contribution in [1.82, 2.24) is 4.90 Å². The van der Waals surface area contributed by atoms with Crippen LogP contribution in [0.2, 0.25) is 0 Å². The maximum atomic E-state index is 13.9. The van der Waals surface area contributed by atoms with Crippen molar-refractivity contribution in [2.75, 3.05) is 13.1 Å². The Bertz CT molecular complexity index is 957. The number of hydrogen-bond donors (Lipinski definition) is 0. The van der Waals surface area contributed by atoms with E-state index in [4.69, 9.17) is 0 Å². The second-order valence-corrected chi connectivity index (χ2v) is 9.43. The molecule has 0 heterocycles. The van der Waals surface area contributed by atoms with E-state index >= 15 is 0 Å². The lowest BCUT2D eigenvalue weighted by Crippen LogP contribution is -2.38. The third-order valence-corrected chi connectivity index (χ3v) is 6.58. The molecule has 0 saturated heterocycles. The van der Waals surface area contributed by atoms with Gasteiger partial charge in [-0.2, -0.15) is 31.6 Å². The highest BCUT2D eigenvalue weighted by Gasteiger charge is 2.49. The Labute approximate surface area is 203 Å². The van der Waals surface area contributed by atoms with Gasteiger partial charge >= 0.3 is 12.4 Å². The van der Waals surface area contributed by atoms with Gasteiger partial charge in [-0.05, 0) is 68.8 Å². The Balaban J connectivity index is 2.39. The van der Waals surface area contributed by atoms with Gasteiger partial charge in [0.25, 0.3) is 0 Å². The summed E-state index contributed by atoms with van der Waals surface area (Å²) in [5.41, 5.74) is -4.56. The fourth-order valence-corrected chi connectivity index (χ4v) is 4.56. The summed E-state index contributed by atoms with van der Waals surface area (Å²) in [7, 11) is 0. The van der Waals surface area contributed by atoms with Crippen molar-refractivity contribution in [2.45, 2.75) is 70.8 Å². The smallest absolute Gasteiger partial charge is 0.301 e. The van der Waals surface area contributed by atoms with E-state index in [0.29, 0.717) is 25.2 Å². The Morgan fingerprint density at radius 1 is 0.800 bits per heavy atom. The molecule has 0 aliphatic rings. The Hall–Kier alpha value is -2.53. The number of nitrogens with zero attached hydrogens (tertiary/aromatic N) is 2. The minimum absolute atomic E-state index is 0.119. The summed E-state index contributed by atoms with van der Waals surface area (Å²) in [5, 5.41) is 10.1. The van der Waals surface area contributed by atoms with Crippen LogP contribution in [0.3, 0.4) is 0 Å². The van der Waals surface area contributed by atoms with Crippen LogP contribution in [0, 0.1) is 17.2 Å². The summed E-state index contributed by atoms with van der Waals surface area (Å²) in [6.07, 6.45) is -9.11. The number of benzene rings is 2. The fraction of sp³-hybridized carbons (Fsp3) is 0.519. The molecule has 0 spiro atoms. The molecule has 2 aromatic carbocycles. The predicted molar refractivity (Wildman–Crippen MR) is 125 cm³/mol. The topological polar surface area (TPSA) is 27.0 Å². The highest BCUT2D eigenvalue weighted by atomic mass is 19.4. The fourth-order valence-electron chi connectivity index (χ4n) is 4.56. The lowest BCUT2D eigenvalue weighted by Gasteiger charge is -2.36. The molecule has 1 atom stereocenters. The van der Waals surface area contributed by atoms with Crippen LogP contribution >= 0.6 is 0 Å². The van der Waals surface area contributed by atoms with Gasteiger partial charge in [0, 0.05) is 12.6 Å². The summed E-state index contributed by atoms with van der Waals surface area (Å²) < 4.78 is 83.3. The molecular formula is C27H32F6N2. The first-order valence-electron chi connectivity index (χ1n) is 11.7. The first kappa shape index (κ1) is 28.7. The van der Waals surface area contributed by atoms with Gasteiger partial charge in [-0.25, -0.2) is 0 Å². The maximum Gasteiger partial charge on any atom is 0.416 e. The molecule has 1 unspecified atom stereocenters. The summed E-state index contributed by atoms with van der Waals surface area (Å²) >= 11 is 0. The van der Waals surface area contributed by atoms with E-state index in [9.17, 15) is 31.6 Å². The Morgan fingerprint density at radius 3 is 1.77 bits per heavy atom. The summed E-state index contributed by atoms with van der Waals surface area (Å²) in [5.74, 6) is -0.770. The standard InChI is InChI=1S/C27H32F6N2/c1-19(2)25(18-34,24-22(26(28,29)30)12-8-13-23(24)27(31,32)33)15-9-16-35(20(3)4)17-14-21-10-6-5-7-11-21/h5-8,10-13,19-20H,9,14-17H2,1-4H3. The molecule has 0 saturated carbocycles. The van der Waals surface area contributed by atoms with Crippen molar-refractivity contribution in [1.29, 1.82) is 5.26 Å². The largest absolute Gasteiger partial charge is 0.416 e. The molecule has 35 heavy (non-hydrogen) atoms. The second-order valence-electron chi connectivity index (χ2n) is 9.43. The zero-order chi connectivity index (χ0) is 26.4. The molecule has 8 heteroatoms. The average Bonchev–Trinajstić information content (AvgIpc) is 2.77. The molecule has 192 valence electrons. The van der Waals surface area contributed by atoms with Crippen molar-refractivity contribution in [3.63, 3.8) is 0 Å². The minimum Gasteiger partial charge on any atom is -0.301 e. The van der Waals surface area contributed by atoms with Crippen molar-refractivity contribution in [3.05, 3.63) is 70.8 Å². The molecule has 2 rings (SSSR count). The second kappa shape index (κ2) is 11.5. The lowest BCUT2D eigenvalue weighted by molar-refractivity contribution is -0.145. The van der Waals surface area contributed by atoms with Gasteiger partial charge in [0.15, 0.2) is 0 Å². The highest BCUT2D eigenvalue weighted by molar-refractivity contribution is 5.48. The molecular weight excluding hydrogens is 466 g/mol. The van der Waals surface area contributed by atoms with Crippen LogP contribution in [0.15, 0.2) is 48.5 Å². The number of hydrogen-bond acceptors (Lipinski definition) is 2. The van der Waals surface area contributed by atoms with E-state index in [1.807, 2.05) is 50.2 Å². The van der Waals surface area contributed by atoms with E-state index in [2.05, 4.69) is 4.90 Å². The monoisotopic (exact) mass is 498 g/mol. The van der Waals surface area contributed by atoms with Crippen molar-refractivity contribution < 1.29 is 26.3 Å². The van der Waals surface area contributed by atoms with Gasteiger partial charge in [0.1, 0.15) is 0 Å². The maximum absolute atomic E-state index is 13.9. The number of alkyl halides is 6. The van der Waals surface area contributed by atoms with Gasteiger partial charge in [-0.3, -0.25) is 0 Å². The minimum atomic E-state index is -5.02. The molecule has 0 radical (unpaired) electrons. The quantitative estimate of drug-likeness (QED) is 0.312. The summed E-state index contributed by atoms with van der Waals surface area (Å²) in [6, 6.07) is 13.9. The average molecular weight is 499 g/mol. The molecule has 0 bridgehead atoms. The van der Waals surface area contributed by atoms with Crippen LogP contribution in [0.4, 0.5) is 26.3 Å². The Kier molecular flexibility index (Phi) is 9.41. The van der Waals surface area contributed by atoms with E-state index in [1.54, 1.807) is 0 Å². The zero-order valence-corrected chi connectivity index (χ0v) is 20.5. The normalized spacial score (nSPS) is 14.4. The van der Waals surface area contributed by atoms with Crippen LogP contribution in [0.1, 0.15) is 62.8 Å². The third kappa shape index (κ3) is 7.00. The molecule has 0 aromatic heterocycles. The molecule has 0 aliphatic heterocycles. The SMILES string of the molecule is CC(C)N(CCCC(C#N)(c1c(C(F)(F)F)cccc1C(F)(F)F)C(C)C)CCc1ccccc1. The molecule has 0 fully saturated rings. The summed E-state index contributed by atoms with van der Waals surface area (Å²) in [4.78, 5) is 2.13. The van der Waals surface area contributed by atoms with Crippen molar-refractivity contribution >= 4 is 0 Å².